The molecular weight excluding hydrogens is 260 g/mol. The third-order valence-corrected chi connectivity index (χ3v) is 4.94. The number of carbonyl (C=O) groups excluding carboxylic acids is 1. The standard InChI is InChI=1S/C18H26N2O/c21-18(17-7-4-10-19-13-17)16-8-11-20(12-9-16)14-15-5-2-1-3-6-15/h1-3,5-6,16-17,19H,4,7-14H2. The summed E-state index contributed by atoms with van der Waals surface area (Å²) in [5, 5.41) is 3.37. The van der Waals surface area contributed by atoms with Crippen LogP contribution in [0.2, 0.25) is 0 Å². The van der Waals surface area contributed by atoms with Gasteiger partial charge in [-0.2, -0.15) is 0 Å². The Hall–Kier alpha value is -1.19. The van der Waals surface area contributed by atoms with E-state index in [-0.39, 0.29) is 5.92 Å². The number of Topliss-reactive ketones (excluding diaryl/α,β-unsaturated/α-hetero) is 1. The van der Waals surface area contributed by atoms with E-state index in [2.05, 4.69) is 40.5 Å². The highest BCUT2D eigenvalue weighted by Gasteiger charge is 2.30. The number of hydrogen-bond donors (Lipinski definition) is 1. The van der Waals surface area contributed by atoms with Gasteiger partial charge in [-0.05, 0) is 50.9 Å². The molecular formula is C18H26N2O. The van der Waals surface area contributed by atoms with Gasteiger partial charge in [-0.3, -0.25) is 9.69 Å². The first-order valence-corrected chi connectivity index (χ1v) is 8.33. The molecule has 1 N–H and O–H groups in total. The Morgan fingerprint density at radius 2 is 1.86 bits per heavy atom. The van der Waals surface area contributed by atoms with Crippen LogP contribution in [0.5, 0.6) is 0 Å². The number of piperidine rings is 2. The molecule has 0 bridgehead atoms. The molecule has 0 spiro atoms. The van der Waals surface area contributed by atoms with Crippen molar-refractivity contribution in [2.45, 2.75) is 32.2 Å². The van der Waals surface area contributed by atoms with Crippen molar-refractivity contribution in [3.05, 3.63) is 35.9 Å². The molecule has 1 atom stereocenters. The lowest BCUT2D eigenvalue weighted by atomic mass is 9.82. The molecule has 1 aromatic carbocycles. The molecule has 2 fully saturated rings. The zero-order valence-corrected chi connectivity index (χ0v) is 12.8. The summed E-state index contributed by atoms with van der Waals surface area (Å²) in [6, 6.07) is 10.6. The van der Waals surface area contributed by atoms with Gasteiger partial charge in [0, 0.05) is 24.9 Å². The van der Waals surface area contributed by atoms with Crippen LogP contribution in [0.4, 0.5) is 0 Å². The molecule has 2 heterocycles. The van der Waals surface area contributed by atoms with E-state index in [9.17, 15) is 4.79 Å². The average Bonchev–Trinajstić information content (AvgIpc) is 2.57. The highest BCUT2D eigenvalue weighted by atomic mass is 16.1. The van der Waals surface area contributed by atoms with E-state index in [1.54, 1.807) is 0 Å². The molecule has 1 aromatic rings. The molecule has 3 heteroatoms. The maximum absolute atomic E-state index is 12.6. The van der Waals surface area contributed by atoms with Gasteiger partial charge < -0.3 is 5.32 Å². The summed E-state index contributed by atoms with van der Waals surface area (Å²) < 4.78 is 0. The fraction of sp³-hybridized carbons (Fsp3) is 0.611. The van der Waals surface area contributed by atoms with E-state index in [1.807, 2.05) is 0 Å². The van der Waals surface area contributed by atoms with Crippen LogP contribution in [0.25, 0.3) is 0 Å². The minimum atomic E-state index is 0.282. The highest BCUT2D eigenvalue weighted by molar-refractivity contribution is 5.83. The van der Waals surface area contributed by atoms with Crippen molar-refractivity contribution in [3.63, 3.8) is 0 Å². The highest BCUT2D eigenvalue weighted by Crippen LogP contribution is 2.25. The third-order valence-electron chi connectivity index (χ3n) is 4.94. The van der Waals surface area contributed by atoms with Crippen LogP contribution < -0.4 is 5.32 Å². The number of rotatable bonds is 4. The number of nitrogens with one attached hydrogen (secondary N) is 1. The van der Waals surface area contributed by atoms with Gasteiger partial charge >= 0.3 is 0 Å². The molecule has 21 heavy (non-hydrogen) atoms. The van der Waals surface area contributed by atoms with Crippen molar-refractivity contribution in [2.24, 2.45) is 11.8 Å². The molecule has 1 unspecified atom stereocenters. The van der Waals surface area contributed by atoms with E-state index in [1.165, 1.54) is 5.56 Å². The summed E-state index contributed by atoms with van der Waals surface area (Å²) in [5.74, 6) is 1.12. The first kappa shape index (κ1) is 14.7. The SMILES string of the molecule is O=C(C1CCN(Cc2ccccc2)CC1)C1CCCNC1. The second kappa shape index (κ2) is 7.19. The predicted molar refractivity (Wildman–Crippen MR) is 85.0 cm³/mol. The molecule has 0 saturated carbocycles. The minimum absolute atomic E-state index is 0.282. The number of carbonyl (C=O) groups is 1. The number of benzene rings is 1. The number of nitrogens with zero attached hydrogens (tertiary/aromatic N) is 1. The number of hydrogen-bond acceptors (Lipinski definition) is 3. The Kier molecular flexibility index (Phi) is 5.04. The Morgan fingerprint density at radius 1 is 1.10 bits per heavy atom. The van der Waals surface area contributed by atoms with Crippen LogP contribution in [0.1, 0.15) is 31.2 Å². The van der Waals surface area contributed by atoms with Gasteiger partial charge in [0.2, 0.25) is 0 Å². The van der Waals surface area contributed by atoms with Gasteiger partial charge in [0.15, 0.2) is 0 Å². The zero-order valence-electron chi connectivity index (χ0n) is 12.8. The van der Waals surface area contributed by atoms with Crippen molar-refractivity contribution in [1.82, 2.24) is 10.2 Å². The van der Waals surface area contributed by atoms with Crippen LogP contribution in [0.3, 0.4) is 0 Å². The van der Waals surface area contributed by atoms with Gasteiger partial charge in [-0.25, -0.2) is 0 Å². The smallest absolute Gasteiger partial charge is 0.140 e. The van der Waals surface area contributed by atoms with Crippen molar-refractivity contribution in [1.29, 1.82) is 0 Å². The number of ketones is 1. The maximum atomic E-state index is 12.6. The maximum Gasteiger partial charge on any atom is 0.140 e. The lowest BCUT2D eigenvalue weighted by Crippen LogP contribution is -2.41. The second-order valence-corrected chi connectivity index (χ2v) is 6.48. The van der Waals surface area contributed by atoms with Crippen LogP contribution in [0, 0.1) is 11.8 Å². The minimum Gasteiger partial charge on any atom is -0.316 e. The molecule has 0 aromatic heterocycles. The van der Waals surface area contributed by atoms with Crippen molar-refractivity contribution < 1.29 is 4.79 Å². The Labute approximate surface area is 127 Å². The van der Waals surface area contributed by atoms with Gasteiger partial charge in [-0.1, -0.05) is 30.3 Å². The first-order valence-electron chi connectivity index (χ1n) is 8.33. The van der Waals surface area contributed by atoms with Gasteiger partial charge in [0.05, 0.1) is 0 Å². The normalized spacial score (nSPS) is 24.9. The van der Waals surface area contributed by atoms with E-state index in [0.29, 0.717) is 11.7 Å². The van der Waals surface area contributed by atoms with E-state index < -0.39 is 0 Å². The van der Waals surface area contributed by atoms with Crippen molar-refractivity contribution in [3.8, 4) is 0 Å². The Bertz CT molecular complexity index is 446. The van der Waals surface area contributed by atoms with Gasteiger partial charge in [-0.15, -0.1) is 0 Å². The first-order chi connectivity index (χ1) is 10.3. The van der Waals surface area contributed by atoms with E-state index in [4.69, 9.17) is 0 Å². The molecule has 2 aliphatic heterocycles. The lowest BCUT2D eigenvalue weighted by Gasteiger charge is -2.33. The lowest BCUT2D eigenvalue weighted by molar-refractivity contribution is -0.128. The molecule has 0 radical (unpaired) electrons. The van der Waals surface area contributed by atoms with Gasteiger partial charge in [0.1, 0.15) is 5.78 Å². The quantitative estimate of drug-likeness (QED) is 0.923. The molecule has 2 aliphatic rings. The largest absolute Gasteiger partial charge is 0.316 e. The monoisotopic (exact) mass is 286 g/mol. The molecule has 2 saturated heterocycles. The Morgan fingerprint density at radius 3 is 2.52 bits per heavy atom. The van der Waals surface area contributed by atoms with Crippen LogP contribution >= 0.6 is 0 Å². The van der Waals surface area contributed by atoms with E-state index >= 15 is 0 Å². The summed E-state index contributed by atoms with van der Waals surface area (Å²) in [7, 11) is 0. The predicted octanol–water partition coefficient (Wildman–Crippen LogP) is 2.47. The summed E-state index contributed by atoms with van der Waals surface area (Å²) in [6.07, 6.45) is 4.34. The number of likely N-dealkylation sites (tertiary alicyclic amines) is 1. The fourth-order valence-electron chi connectivity index (χ4n) is 3.65. The van der Waals surface area contributed by atoms with Gasteiger partial charge in [0.25, 0.3) is 0 Å². The average molecular weight is 286 g/mol. The summed E-state index contributed by atoms with van der Waals surface area (Å²) in [4.78, 5) is 15.0. The fourth-order valence-corrected chi connectivity index (χ4v) is 3.65. The molecule has 114 valence electrons. The summed E-state index contributed by atoms with van der Waals surface area (Å²) in [5.41, 5.74) is 1.37. The molecule has 0 amide bonds. The van der Waals surface area contributed by atoms with Crippen LogP contribution in [-0.2, 0) is 11.3 Å². The second-order valence-electron chi connectivity index (χ2n) is 6.48. The Balaban J connectivity index is 1.47. The molecule has 3 nitrogen and oxygen atoms in total. The third kappa shape index (κ3) is 3.92. The van der Waals surface area contributed by atoms with Crippen LogP contribution in [0.15, 0.2) is 30.3 Å². The van der Waals surface area contributed by atoms with Crippen molar-refractivity contribution >= 4 is 5.78 Å². The summed E-state index contributed by atoms with van der Waals surface area (Å²) >= 11 is 0. The van der Waals surface area contributed by atoms with E-state index in [0.717, 1.165) is 58.4 Å². The van der Waals surface area contributed by atoms with Crippen molar-refractivity contribution in [2.75, 3.05) is 26.2 Å². The zero-order chi connectivity index (χ0) is 14.5. The molecule has 0 aliphatic carbocycles. The van der Waals surface area contributed by atoms with Crippen LogP contribution in [-0.4, -0.2) is 36.9 Å². The topological polar surface area (TPSA) is 32.3 Å². The summed E-state index contributed by atoms with van der Waals surface area (Å²) in [6.45, 7) is 5.13. The molecule has 3 rings (SSSR count).